The minimum Gasteiger partial charge on any atom is -0.373 e. The van der Waals surface area contributed by atoms with E-state index in [1.165, 1.54) is 6.07 Å². The van der Waals surface area contributed by atoms with E-state index in [-0.39, 0.29) is 0 Å². The predicted octanol–water partition coefficient (Wildman–Crippen LogP) is 1.65. The summed E-state index contributed by atoms with van der Waals surface area (Å²) in [5, 5.41) is 0.457. The van der Waals surface area contributed by atoms with Crippen LogP contribution in [0.5, 0.6) is 0 Å². The van der Waals surface area contributed by atoms with Gasteiger partial charge in [-0.05, 0) is 6.07 Å². The lowest BCUT2D eigenvalue weighted by Gasteiger charge is -2.01. The van der Waals surface area contributed by atoms with E-state index in [1.54, 1.807) is 24.3 Å². The van der Waals surface area contributed by atoms with E-state index >= 15 is 0 Å². The lowest BCUT2D eigenvalue weighted by Crippen LogP contribution is -2.14. The molecule has 0 amide bonds. The van der Waals surface area contributed by atoms with Crippen molar-refractivity contribution >= 4 is 11.6 Å². The van der Waals surface area contributed by atoms with Crippen LogP contribution in [0.2, 0.25) is 5.02 Å². The summed E-state index contributed by atoms with van der Waals surface area (Å²) in [4.78, 5) is 24.3. The molecule has 0 unspecified atom stereocenters. The fourth-order valence-electron chi connectivity index (χ4n) is 1.23. The van der Waals surface area contributed by atoms with Crippen LogP contribution < -0.4 is 11.4 Å². The summed E-state index contributed by atoms with van der Waals surface area (Å²) in [7, 11) is 0. The highest BCUT2D eigenvalue weighted by molar-refractivity contribution is 6.33. The van der Waals surface area contributed by atoms with Crippen molar-refractivity contribution in [3.8, 4) is 11.3 Å². The number of aromatic nitrogens is 1. The Morgan fingerprint density at radius 3 is 2.60 bits per heavy atom. The van der Waals surface area contributed by atoms with E-state index in [9.17, 15) is 9.59 Å². The molecule has 0 fully saturated rings. The highest BCUT2D eigenvalue weighted by Crippen LogP contribution is 2.23. The van der Waals surface area contributed by atoms with Crippen LogP contribution in [0.1, 0.15) is 0 Å². The molecule has 0 saturated carbocycles. The van der Waals surface area contributed by atoms with Crippen LogP contribution >= 0.6 is 11.6 Å². The van der Waals surface area contributed by atoms with Gasteiger partial charge in [-0.2, -0.15) is 0 Å². The Labute approximate surface area is 89.1 Å². The van der Waals surface area contributed by atoms with E-state index < -0.39 is 11.4 Å². The first-order valence-corrected chi connectivity index (χ1v) is 4.54. The summed E-state index contributed by atoms with van der Waals surface area (Å²) in [6, 6.07) is 8.07. The van der Waals surface area contributed by atoms with Crippen molar-refractivity contribution in [2.24, 2.45) is 0 Å². The third kappa shape index (κ3) is 1.99. The highest BCUT2D eigenvalue weighted by Gasteiger charge is 2.05. The molecule has 0 bridgehead atoms. The number of halogens is 1. The second kappa shape index (κ2) is 3.74. The third-order valence-electron chi connectivity index (χ3n) is 1.86. The number of H-pyrrole nitrogens is 1. The first-order chi connectivity index (χ1) is 7.16. The van der Waals surface area contributed by atoms with Gasteiger partial charge in [0.1, 0.15) is 0 Å². The van der Waals surface area contributed by atoms with Gasteiger partial charge in [-0.3, -0.25) is 4.98 Å². The maximum atomic E-state index is 11.0. The SMILES string of the molecule is O=c1cc(-c2ccccc2Cl)[nH]c(=O)o1. The zero-order chi connectivity index (χ0) is 10.8. The molecule has 1 heterocycles. The van der Waals surface area contributed by atoms with Crippen LogP contribution in [-0.4, -0.2) is 4.98 Å². The van der Waals surface area contributed by atoms with E-state index in [2.05, 4.69) is 9.40 Å². The molecule has 76 valence electrons. The number of hydrogen-bond donors (Lipinski definition) is 1. The normalized spacial score (nSPS) is 10.2. The zero-order valence-electron chi connectivity index (χ0n) is 7.49. The number of nitrogens with one attached hydrogen (secondary N) is 1. The predicted molar refractivity (Wildman–Crippen MR) is 56.0 cm³/mol. The smallest absolute Gasteiger partial charge is 0.373 e. The standard InChI is InChI=1S/C10H6ClNO3/c11-7-4-2-1-3-6(7)8-5-9(13)15-10(14)12-8/h1-5H,(H,12,14). The molecule has 4 nitrogen and oxygen atoms in total. The number of aromatic amines is 1. The van der Waals surface area contributed by atoms with Crippen LogP contribution in [0, 0.1) is 0 Å². The van der Waals surface area contributed by atoms with Crippen LogP contribution in [0.15, 0.2) is 44.3 Å². The van der Waals surface area contributed by atoms with E-state index in [0.717, 1.165) is 0 Å². The van der Waals surface area contributed by atoms with E-state index in [1.807, 2.05) is 0 Å². The van der Waals surface area contributed by atoms with Gasteiger partial charge in [0.15, 0.2) is 0 Å². The molecule has 0 aliphatic heterocycles. The van der Waals surface area contributed by atoms with E-state index in [4.69, 9.17) is 11.6 Å². The fraction of sp³-hybridized carbons (Fsp3) is 0. The molecular weight excluding hydrogens is 218 g/mol. The minimum absolute atomic E-state index is 0.349. The van der Waals surface area contributed by atoms with E-state index in [0.29, 0.717) is 16.3 Å². The second-order valence-corrected chi connectivity index (χ2v) is 3.28. The van der Waals surface area contributed by atoms with Gasteiger partial charge in [-0.25, -0.2) is 9.59 Å². The monoisotopic (exact) mass is 223 g/mol. The van der Waals surface area contributed by atoms with Crippen molar-refractivity contribution in [1.29, 1.82) is 0 Å². The summed E-state index contributed by atoms with van der Waals surface area (Å²) in [5.41, 5.74) is 0.236. The van der Waals surface area contributed by atoms with Crippen molar-refractivity contribution < 1.29 is 4.42 Å². The Hall–Kier alpha value is -1.81. The average molecular weight is 224 g/mol. The molecule has 15 heavy (non-hydrogen) atoms. The maximum absolute atomic E-state index is 11.0. The molecule has 0 radical (unpaired) electrons. The van der Waals surface area contributed by atoms with Crippen molar-refractivity contribution in [2.75, 3.05) is 0 Å². The molecule has 2 aromatic rings. The Morgan fingerprint density at radius 1 is 1.20 bits per heavy atom. The summed E-state index contributed by atoms with van der Waals surface area (Å²) in [6.45, 7) is 0. The molecule has 0 spiro atoms. The van der Waals surface area contributed by atoms with Gasteiger partial charge < -0.3 is 4.42 Å². The average Bonchev–Trinajstić information content (AvgIpc) is 2.16. The molecule has 0 atom stereocenters. The van der Waals surface area contributed by atoms with Crippen LogP contribution in [0.25, 0.3) is 11.3 Å². The first kappa shape index (κ1) is 9.73. The molecule has 5 heteroatoms. The molecule has 0 aliphatic carbocycles. The quantitative estimate of drug-likeness (QED) is 0.800. The number of hydrogen-bond acceptors (Lipinski definition) is 3. The largest absolute Gasteiger partial charge is 0.419 e. The van der Waals surface area contributed by atoms with Gasteiger partial charge in [0.2, 0.25) is 0 Å². The van der Waals surface area contributed by atoms with Gasteiger partial charge >= 0.3 is 11.4 Å². The summed E-state index contributed by atoms with van der Waals surface area (Å²) in [5.74, 6) is -0.794. The Kier molecular flexibility index (Phi) is 2.43. The third-order valence-corrected chi connectivity index (χ3v) is 2.19. The lowest BCUT2D eigenvalue weighted by atomic mass is 10.1. The summed E-state index contributed by atoms with van der Waals surface area (Å²) < 4.78 is 4.27. The number of rotatable bonds is 1. The molecule has 1 aromatic heterocycles. The first-order valence-electron chi connectivity index (χ1n) is 4.16. The van der Waals surface area contributed by atoms with Crippen molar-refractivity contribution in [1.82, 2.24) is 4.98 Å². The van der Waals surface area contributed by atoms with Gasteiger partial charge in [0.25, 0.3) is 0 Å². The Bertz CT molecular complexity index is 572. The van der Waals surface area contributed by atoms with Crippen molar-refractivity contribution in [3.63, 3.8) is 0 Å². The van der Waals surface area contributed by atoms with Gasteiger partial charge in [0, 0.05) is 16.7 Å². The maximum Gasteiger partial charge on any atom is 0.419 e. The topological polar surface area (TPSA) is 63.1 Å². The second-order valence-electron chi connectivity index (χ2n) is 2.87. The molecule has 2 rings (SSSR count). The van der Waals surface area contributed by atoms with Crippen LogP contribution in [-0.2, 0) is 0 Å². The Balaban J connectivity index is 2.70. The van der Waals surface area contributed by atoms with Crippen LogP contribution in [0.3, 0.4) is 0 Å². The number of benzene rings is 1. The molecular formula is C10H6ClNO3. The van der Waals surface area contributed by atoms with Crippen molar-refractivity contribution in [3.05, 3.63) is 56.3 Å². The lowest BCUT2D eigenvalue weighted by molar-refractivity contribution is 0.451. The fourth-order valence-corrected chi connectivity index (χ4v) is 1.47. The van der Waals surface area contributed by atoms with Crippen molar-refractivity contribution in [2.45, 2.75) is 0 Å². The molecule has 0 aliphatic rings. The molecule has 0 saturated heterocycles. The molecule has 1 aromatic carbocycles. The zero-order valence-corrected chi connectivity index (χ0v) is 8.25. The van der Waals surface area contributed by atoms with Gasteiger partial charge in [-0.1, -0.05) is 29.8 Å². The molecule has 1 N–H and O–H groups in total. The summed E-state index contributed by atoms with van der Waals surface area (Å²) >= 11 is 5.91. The Morgan fingerprint density at radius 2 is 1.93 bits per heavy atom. The summed E-state index contributed by atoms with van der Waals surface area (Å²) in [6.07, 6.45) is 0. The van der Waals surface area contributed by atoms with Gasteiger partial charge in [0.05, 0.1) is 5.69 Å². The highest BCUT2D eigenvalue weighted by atomic mass is 35.5. The minimum atomic E-state index is -0.794. The van der Waals surface area contributed by atoms with Crippen LogP contribution in [0.4, 0.5) is 0 Å². The van der Waals surface area contributed by atoms with Gasteiger partial charge in [-0.15, -0.1) is 0 Å².